The maximum Gasteiger partial charge on any atom is 0.261 e. The molecule has 1 heterocycles. The van der Waals surface area contributed by atoms with E-state index in [-0.39, 0.29) is 17.2 Å². The number of carbonyl (C=O) groups is 1. The number of ether oxygens (including phenoxy) is 1. The van der Waals surface area contributed by atoms with Gasteiger partial charge >= 0.3 is 0 Å². The van der Waals surface area contributed by atoms with E-state index in [1.54, 1.807) is 19.2 Å². The van der Waals surface area contributed by atoms with Crippen molar-refractivity contribution >= 4 is 27.3 Å². The average molecular weight is 426 g/mol. The first-order valence-corrected chi connectivity index (χ1v) is 10.8. The number of benzene rings is 3. The summed E-state index contributed by atoms with van der Waals surface area (Å²) in [6.45, 7) is 1.92. The Bertz CT molecular complexity index is 1260. The van der Waals surface area contributed by atoms with E-state index in [0.29, 0.717) is 22.7 Å². The summed E-state index contributed by atoms with van der Waals surface area (Å²) in [6.07, 6.45) is 0. The molecule has 154 valence electrons. The summed E-state index contributed by atoms with van der Waals surface area (Å²) in [5.41, 5.74) is 2.38. The predicted octanol–water partition coefficient (Wildman–Crippen LogP) is 4.46. The summed E-state index contributed by atoms with van der Waals surface area (Å²) < 4.78 is 46.7. The van der Waals surface area contributed by atoms with Gasteiger partial charge in [0.2, 0.25) is 10.0 Å². The monoisotopic (exact) mass is 426 g/mol. The highest BCUT2D eigenvalue weighted by atomic mass is 32.2. The highest BCUT2D eigenvalue weighted by Gasteiger charge is 2.26. The van der Waals surface area contributed by atoms with Crippen molar-refractivity contribution in [1.82, 2.24) is 0 Å². The van der Waals surface area contributed by atoms with Gasteiger partial charge in [-0.25, -0.2) is 12.8 Å². The Kier molecular flexibility index (Phi) is 4.95. The number of hydrogen-bond donors (Lipinski definition) is 1. The van der Waals surface area contributed by atoms with Gasteiger partial charge in [-0.15, -0.1) is 0 Å². The SMILES string of the molecule is Cc1ccc2c(c1)N(C)C(=O)c1cc(NS(=O)(=O)Cc3cccc(F)c3)ccc1O2. The number of rotatable bonds is 4. The van der Waals surface area contributed by atoms with Gasteiger partial charge in [0.05, 0.1) is 17.0 Å². The average Bonchev–Trinajstić information content (AvgIpc) is 2.77. The van der Waals surface area contributed by atoms with Crippen molar-refractivity contribution in [3.05, 3.63) is 83.2 Å². The Morgan fingerprint density at radius 1 is 1.03 bits per heavy atom. The minimum Gasteiger partial charge on any atom is -0.454 e. The van der Waals surface area contributed by atoms with E-state index in [2.05, 4.69) is 4.72 Å². The highest BCUT2D eigenvalue weighted by Crippen LogP contribution is 2.39. The maximum atomic E-state index is 13.3. The molecule has 0 spiro atoms. The van der Waals surface area contributed by atoms with Gasteiger partial charge in [0.15, 0.2) is 5.75 Å². The molecular formula is C22H19FN2O4S. The Hall–Kier alpha value is -3.39. The molecule has 3 aromatic rings. The minimum absolute atomic E-state index is 0.220. The first kappa shape index (κ1) is 19.9. The van der Waals surface area contributed by atoms with Crippen molar-refractivity contribution in [2.45, 2.75) is 12.7 Å². The molecule has 1 N–H and O–H groups in total. The molecule has 0 aliphatic carbocycles. The third kappa shape index (κ3) is 3.99. The number of nitrogens with zero attached hydrogens (tertiary/aromatic N) is 1. The molecule has 0 aromatic heterocycles. The number of amides is 1. The molecule has 0 saturated heterocycles. The Balaban J connectivity index is 1.63. The van der Waals surface area contributed by atoms with E-state index in [1.807, 2.05) is 19.1 Å². The number of carbonyl (C=O) groups excluding carboxylic acids is 1. The Labute approximate surface area is 174 Å². The van der Waals surface area contributed by atoms with Crippen LogP contribution < -0.4 is 14.4 Å². The van der Waals surface area contributed by atoms with Crippen LogP contribution in [0.4, 0.5) is 15.8 Å². The molecule has 1 aliphatic heterocycles. The third-order valence-corrected chi connectivity index (χ3v) is 5.99. The van der Waals surface area contributed by atoms with Crippen molar-refractivity contribution in [2.75, 3.05) is 16.7 Å². The lowest BCUT2D eigenvalue weighted by Gasteiger charge is -2.17. The summed E-state index contributed by atoms with van der Waals surface area (Å²) in [4.78, 5) is 14.5. The Morgan fingerprint density at radius 3 is 2.57 bits per heavy atom. The molecule has 6 nitrogen and oxygen atoms in total. The van der Waals surface area contributed by atoms with E-state index < -0.39 is 21.6 Å². The standard InChI is InChI=1S/C22H19FN2O4S/c1-14-6-8-21-19(10-14)25(2)22(26)18-12-17(7-9-20(18)29-21)24-30(27,28)13-15-4-3-5-16(23)11-15/h3-12,24H,13H2,1-2H3. The smallest absolute Gasteiger partial charge is 0.261 e. The molecule has 0 fully saturated rings. The van der Waals surface area contributed by atoms with Gasteiger partial charge in [-0.3, -0.25) is 9.52 Å². The number of halogens is 1. The topological polar surface area (TPSA) is 75.7 Å². The molecule has 0 radical (unpaired) electrons. The van der Waals surface area contributed by atoms with Crippen LogP contribution in [-0.4, -0.2) is 21.4 Å². The van der Waals surface area contributed by atoms with Gasteiger partial charge in [0, 0.05) is 12.7 Å². The molecular weight excluding hydrogens is 407 g/mol. The molecule has 1 aliphatic rings. The van der Waals surface area contributed by atoms with Gasteiger partial charge in [-0.2, -0.15) is 0 Å². The summed E-state index contributed by atoms with van der Waals surface area (Å²) in [7, 11) is -2.17. The molecule has 0 unspecified atom stereocenters. The zero-order chi connectivity index (χ0) is 21.5. The molecule has 0 bridgehead atoms. The molecule has 1 amide bonds. The van der Waals surface area contributed by atoms with E-state index in [4.69, 9.17) is 4.74 Å². The fourth-order valence-corrected chi connectivity index (χ4v) is 4.47. The quantitative estimate of drug-likeness (QED) is 0.668. The van der Waals surface area contributed by atoms with Crippen molar-refractivity contribution in [1.29, 1.82) is 0 Å². The zero-order valence-electron chi connectivity index (χ0n) is 16.3. The second-order valence-corrected chi connectivity index (χ2v) is 8.86. The molecule has 3 aromatic carbocycles. The van der Waals surface area contributed by atoms with Crippen LogP contribution in [0.25, 0.3) is 0 Å². The van der Waals surface area contributed by atoms with Crippen LogP contribution in [0.5, 0.6) is 11.5 Å². The lowest BCUT2D eigenvalue weighted by molar-refractivity contribution is 0.0993. The molecule has 8 heteroatoms. The van der Waals surface area contributed by atoms with Crippen LogP contribution in [0.3, 0.4) is 0 Å². The van der Waals surface area contributed by atoms with Gasteiger partial charge in [-0.1, -0.05) is 18.2 Å². The Morgan fingerprint density at radius 2 is 1.80 bits per heavy atom. The summed E-state index contributed by atoms with van der Waals surface area (Å²) >= 11 is 0. The van der Waals surface area contributed by atoms with E-state index in [0.717, 1.165) is 5.56 Å². The lowest BCUT2D eigenvalue weighted by atomic mass is 10.1. The molecule has 0 atom stereocenters. The van der Waals surface area contributed by atoms with E-state index in [9.17, 15) is 17.6 Å². The second kappa shape index (κ2) is 7.46. The minimum atomic E-state index is -3.81. The van der Waals surface area contributed by atoms with Crippen LogP contribution in [0.1, 0.15) is 21.5 Å². The number of hydrogen-bond acceptors (Lipinski definition) is 4. The highest BCUT2D eigenvalue weighted by molar-refractivity contribution is 7.91. The second-order valence-electron chi connectivity index (χ2n) is 7.14. The summed E-state index contributed by atoms with van der Waals surface area (Å²) in [5.74, 6) is -0.345. The van der Waals surface area contributed by atoms with Crippen molar-refractivity contribution < 1.29 is 22.3 Å². The van der Waals surface area contributed by atoms with Gasteiger partial charge in [-0.05, 0) is 60.5 Å². The van der Waals surface area contributed by atoms with Crippen LogP contribution >= 0.6 is 0 Å². The first-order chi connectivity index (χ1) is 14.2. The van der Waals surface area contributed by atoms with Crippen LogP contribution in [0.2, 0.25) is 0 Å². The lowest BCUT2D eigenvalue weighted by Crippen LogP contribution is -2.25. The molecule has 30 heavy (non-hydrogen) atoms. The predicted molar refractivity (Wildman–Crippen MR) is 113 cm³/mol. The largest absolute Gasteiger partial charge is 0.454 e. The van der Waals surface area contributed by atoms with Crippen molar-refractivity contribution in [2.24, 2.45) is 0 Å². The van der Waals surface area contributed by atoms with E-state index >= 15 is 0 Å². The number of aryl methyl sites for hydroxylation is 1. The molecule has 4 rings (SSSR count). The first-order valence-electron chi connectivity index (χ1n) is 9.17. The van der Waals surface area contributed by atoms with Crippen LogP contribution in [0, 0.1) is 12.7 Å². The van der Waals surface area contributed by atoms with Crippen LogP contribution in [0.15, 0.2) is 60.7 Å². The maximum absolute atomic E-state index is 13.3. The zero-order valence-corrected chi connectivity index (χ0v) is 17.2. The number of anilines is 2. The fourth-order valence-electron chi connectivity index (χ4n) is 3.30. The summed E-state index contributed by atoms with van der Waals surface area (Å²) in [6, 6.07) is 15.4. The van der Waals surface area contributed by atoms with E-state index in [1.165, 1.54) is 41.3 Å². The van der Waals surface area contributed by atoms with Crippen molar-refractivity contribution in [3.8, 4) is 11.5 Å². The summed E-state index contributed by atoms with van der Waals surface area (Å²) in [5, 5.41) is 0. The molecule has 0 saturated carbocycles. The van der Waals surface area contributed by atoms with Gasteiger partial charge < -0.3 is 9.64 Å². The van der Waals surface area contributed by atoms with Gasteiger partial charge in [0.1, 0.15) is 11.6 Å². The number of nitrogens with one attached hydrogen (secondary N) is 1. The third-order valence-electron chi connectivity index (χ3n) is 4.73. The van der Waals surface area contributed by atoms with Gasteiger partial charge in [0.25, 0.3) is 5.91 Å². The fraction of sp³-hybridized carbons (Fsp3) is 0.136. The number of fused-ring (bicyclic) bond motifs is 2. The van der Waals surface area contributed by atoms with Crippen LogP contribution in [-0.2, 0) is 15.8 Å². The number of sulfonamides is 1. The van der Waals surface area contributed by atoms with Crippen molar-refractivity contribution in [3.63, 3.8) is 0 Å². The normalized spacial score (nSPS) is 13.2.